The summed E-state index contributed by atoms with van der Waals surface area (Å²) in [5.41, 5.74) is -0.223. The van der Waals surface area contributed by atoms with Crippen LogP contribution in [-0.2, 0) is 10.0 Å². The molecule has 0 spiro atoms. The molecule has 0 aliphatic rings. The number of halogens is 1. The predicted molar refractivity (Wildman–Crippen MR) is 67.0 cm³/mol. The molecule has 0 saturated heterocycles. The highest BCUT2D eigenvalue weighted by molar-refractivity contribution is 9.09. The van der Waals surface area contributed by atoms with Gasteiger partial charge in [-0.15, -0.1) is 0 Å². The van der Waals surface area contributed by atoms with E-state index in [1.54, 1.807) is 0 Å². The van der Waals surface area contributed by atoms with E-state index in [2.05, 4.69) is 20.7 Å². The number of carbonyl (C=O) groups is 1. The van der Waals surface area contributed by atoms with Crippen LogP contribution in [0.1, 0.15) is 16.8 Å². The predicted octanol–water partition coefficient (Wildman–Crippen LogP) is 1.45. The quantitative estimate of drug-likeness (QED) is 0.613. The maximum Gasteiger partial charge on any atom is 0.337 e. The van der Waals surface area contributed by atoms with Crippen molar-refractivity contribution in [3.8, 4) is 0 Å². The molecule has 7 heteroatoms. The SMILES string of the molecule is O=C(O)c1ccccc1S(=O)(=O)NCCCBr. The maximum atomic E-state index is 11.8. The summed E-state index contributed by atoms with van der Waals surface area (Å²) in [6.07, 6.45) is 0.633. The van der Waals surface area contributed by atoms with Gasteiger partial charge in [0.2, 0.25) is 10.0 Å². The third kappa shape index (κ3) is 3.79. The van der Waals surface area contributed by atoms with Crippen molar-refractivity contribution in [1.82, 2.24) is 4.72 Å². The van der Waals surface area contributed by atoms with Gasteiger partial charge in [0.15, 0.2) is 0 Å². The summed E-state index contributed by atoms with van der Waals surface area (Å²) in [5.74, 6) is -1.26. The van der Waals surface area contributed by atoms with Gasteiger partial charge in [0.05, 0.1) is 10.5 Å². The number of sulfonamides is 1. The first kappa shape index (κ1) is 14.1. The number of hydrogen-bond donors (Lipinski definition) is 2. The van der Waals surface area contributed by atoms with Crippen molar-refractivity contribution in [2.45, 2.75) is 11.3 Å². The summed E-state index contributed by atoms with van der Waals surface area (Å²) in [4.78, 5) is 10.7. The molecule has 0 aliphatic carbocycles. The van der Waals surface area contributed by atoms with E-state index in [0.717, 1.165) is 0 Å². The molecule has 0 radical (unpaired) electrons. The monoisotopic (exact) mass is 321 g/mol. The largest absolute Gasteiger partial charge is 0.478 e. The third-order valence-electron chi connectivity index (χ3n) is 2.01. The smallest absolute Gasteiger partial charge is 0.337 e. The van der Waals surface area contributed by atoms with Crippen molar-refractivity contribution in [3.63, 3.8) is 0 Å². The van der Waals surface area contributed by atoms with Crippen LogP contribution in [0.15, 0.2) is 29.2 Å². The minimum absolute atomic E-state index is 0.206. The van der Waals surface area contributed by atoms with E-state index < -0.39 is 16.0 Å². The van der Waals surface area contributed by atoms with Crippen LogP contribution in [0, 0.1) is 0 Å². The third-order valence-corrected chi connectivity index (χ3v) is 4.09. The van der Waals surface area contributed by atoms with Gasteiger partial charge in [-0.3, -0.25) is 0 Å². The normalized spacial score (nSPS) is 11.4. The van der Waals surface area contributed by atoms with Crippen LogP contribution in [0.3, 0.4) is 0 Å². The topological polar surface area (TPSA) is 83.5 Å². The van der Waals surface area contributed by atoms with E-state index in [4.69, 9.17) is 5.11 Å². The van der Waals surface area contributed by atoms with Crippen molar-refractivity contribution in [2.24, 2.45) is 0 Å². The Bertz CT molecular complexity index is 501. The van der Waals surface area contributed by atoms with Crippen LogP contribution in [0.4, 0.5) is 0 Å². The first-order chi connectivity index (χ1) is 7.99. The van der Waals surface area contributed by atoms with Crippen molar-refractivity contribution < 1.29 is 18.3 Å². The highest BCUT2D eigenvalue weighted by atomic mass is 79.9. The van der Waals surface area contributed by atoms with Crippen LogP contribution >= 0.6 is 15.9 Å². The lowest BCUT2D eigenvalue weighted by atomic mass is 10.2. The number of benzene rings is 1. The molecule has 1 aromatic carbocycles. The van der Waals surface area contributed by atoms with Gasteiger partial charge in [-0.05, 0) is 18.6 Å². The summed E-state index contributed by atoms with van der Waals surface area (Å²) < 4.78 is 26.0. The molecule has 0 atom stereocenters. The molecule has 0 unspecified atom stereocenters. The molecule has 0 amide bonds. The number of rotatable bonds is 6. The lowest BCUT2D eigenvalue weighted by molar-refractivity contribution is 0.0692. The average Bonchev–Trinajstić information content (AvgIpc) is 2.29. The van der Waals surface area contributed by atoms with Crippen LogP contribution in [0.2, 0.25) is 0 Å². The molecule has 17 heavy (non-hydrogen) atoms. The number of nitrogens with one attached hydrogen (secondary N) is 1. The maximum absolute atomic E-state index is 11.8. The van der Waals surface area contributed by atoms with Crippen LogP contribution in [0.5, 0.6) is 0 Å². The zero-order valence-electron chi connectivity index (χ0n) is 8.89. The Labute approximate surface area is 108 Å². The summed E-state index contributed by atoms with van der Waals surface area (Å²) in [5, 5.41) is 9.58. The van der Waals surface area contributed by atoms with E-state index in [9.17, 15) is 13.2 Å². The zero-order chi connectivity index (χ0) is 12.9. The van der Waals surface area contributed by atoms with Gasteiger partial charge in [-0.25, -0.2) is 17.9 Å². The molecular formula is C10H12BrNO4S. The van der Waals surface area contributed by atoms with Gasteiger partial charge in [0, 0.05) is 11.9 Å². The van der Waals surface area contributed by atoms with Gasteiger partial charge in [0.25, 0.3) is 0 Å². The number of carboxylic acids is 1. The van der Waals surface area contributed by atoms with Crippen molar-refractivity contribution in [3.05, 3.63) is 29.8 Å². The molecular weight excluding hydrogens is 310 g/mol. The minimum atomic E-state index is -3.76. The number of hydrogen-bond acceptors (Lipinski definition) is 3. The molecule has 0 aliphatic heterocycles. The Hall–Kier alpha value is -0.920. The van der Waals surface area contributed by atoms with Gasteiger partial charge in [-0.2, -0.15) is 0 Å². The Morgan fingerprint density at radius 3 is 2.59 bits per heavy atom. The second kappa shape index (κ2) is 6.13. The van der Waals surface area contributed by atoms with Gasteiger partial charge in [-0.1, -0.05) is 28.1 Å². The first-order valence-corrected chi connectivity index (χ1v) is 7.47. The highest BCUT2D eigenvalue weighted by Gasteiger charge is 2.20. The lowest BCUT2D eigenvalue weighted by Crippen LogP contribution is -2.26. The summed E-state index contributed by atoms with van der Waals surface area (Å²) in [6, 6.07) is 5.52. The van der Waals surface area contributed by atoms with Gasteiger partial charge >= 0.3 is 5.97 Å². The summed E-state index contributed by atoms with van der Waals surface area (Å²) in [6.45, 7) is 0.265. The van der Waals surface area contributed by atoms with E-state index >= 15 is 0 Å². The number of alkyl halides is 1. The van der Waals surface area contributed by atoms with E-state index in [-0.39, 0.29) is 17.0 Å². The summed E-state index contributed by atoms with van der Waals surface area (Å²) >= 11 is 3.18. The fourth-order valence-corrected chi connectivity index (χ4v) is 2.78. The molecule has 0 saturated carbocycles. The summed E-state index contributed by atoms with van der Waals surface area (Å²) in [7, 11) is -3.76. The average molecular weight is 322 g/mol. The van der Waals surface area contributed by atoms with Gasteiger partial charge in [0.1, 0.15) is 0 Å². The van der Waals surface area contributed by atoms with Crippen molar-refractivity contribution in [1.29, 1.82) is 0 Å². The molecule has 5 nitrogen and oxygen atoms in total. The highest BCUT2D eigenvalue weighted by Crippen LogP contribution is 2.15. The van der Waals surface area contributed by atoms with Crippen molar-refractivity contribution >= 4 is 31.9 Å². The second-order valence-corrected chi connectivity index (χ2v) is 5.77. The van der Waals surface area contributed by atoms with E-state index in [0.29, 0.717) is 11.8 Å². The second-order valence-electron chi connectivity index (χ2n) is 3.24. The Kier molecular flexibility index (Phi) is 5.10. The fraction of sp³-hybridized carbons (Fsp3) is 0.300. The lowest BCUT2D eigenvalue weighted by Gasteiger charge is -2.08. The number of aromatic carboxylic acids is 1. The number of carboxylic acid groups (broad SMARTS) is 1. The molecule has 94 valence electrons. The van der Waals surface area contributed by atoms with E-state index in [1.165, 1.54) is 24.3 Å². The fourth-order valence-electron chi connectivity index (χ4n) is 1.23. The standard InChI is InChI=1S/C10H12BrNO4S/c11-6-3-7-12-17(15,16)9-5-2-1-4-8(9)10(13)14/h1-2,4-5,12H,3,6-7H2,(H,13,14). The molecule has 1 aromatic rings. The van der Waals surface area contributed by atoms with Crippen molar-refractivity contribution in [2.75, 3.05) is 11.9 Å². The Morgan fingerprint density at radius 1 is 1.35 bits per heavy atom. The zero-order valence-corrected chi connectivity index (χ0v) is 11.3. The molecule has 1 rings (SSSR count). The van der Waals surface area contributed by atoms with Crippen LogP contribution < -0.4 is 4.72 Å². The molecule has 0 aromatic heterocycles. The first-order valence-electron chi connectivity index (χ1n) is 4.87. The molecule has 2 N–H and O–H groups in total. The molecule has 0 bridgehead atoms. The van der Waals surface area contributed by atoms with Crippen LogP contribution in [-0.4, -0.2) is 31.4 Å². The minimum Gasteiger partial charge on any atom is -0.478 e. The van der Waals surface area contributed by atoms with Gasteiger partial charge < -0.3 is 5.11 Å². The Morgan fingerprint density at radius 2 is 2.00 bits per heavy atom. The molecule has 0 fully saturated rings. The van der Waals surface area contributed by atoms with Crippen LogP contribution in [0.25, 0.3) is 0 Å². The molecule has 0 heterocycles. The Balaban J connectivity index is 3.02. The van der Waals surface area contributed by atoms with E-state index in [1.807, 2.05) is 0 Å².